The van der Waals surface area contributed by atoms with E-state index in [2.05, 4.69) is 18.5 Å². The van der Waals surface area contributed by atoms with Crippen LogP contribution >= 0.6 is 0 Å². The summed E-state index contributed by atoms with van der Waals surface area (Å²) >= 11 is 0. The van der Waals surface area contributed by atoms with Crippen molar-refractivity contribution in [1.82, 2.24) is 5.48 Å². The largest absolute Gasteiger partial charge is 0.481 e. The van der Waals surface area contributed by atoms with Gasteiger partial charge in [-0.05, 0) is 36.5 Å². The first-order valence-electron chi connectivity index (χ1n) is 7.55. The second-order valence-corrected chi connectivity index (χ2v) is 7.58. The quantitative estimate of drug-likeness (QED) is 0.535. The van der Waals surface area contributed by atoms with Crippen molar-refractivity contribution >= 4 is 5.97 Å². The van der Waals surface area contributed by atoms with Gasteiger partial charge in [-0.25, -0.2) is 5.48 Å². The molecule has 0 bridgehead atoms. The summed E-state index contributed by atoms with van der Waals surface area (Å²) in [6.07, 6.45) is 5.32. The van der Waals surface area contributed by atoms with Gasteiger partial charge in [0, 0.05) is 12.0 Å². The molecule has 2 rings (SSSR count). The van der Waals surface area contributed by atoms with E-state index in [0.717, 1.165) is 19.3 Å². The van der Waals surface area contributed by atoms with E-state index in [0.29, 0.717) is 12.5 Å². The molecule has 114 valence electrons. The summed E-state index contributed by atoms with van der Waals surface area (Å²) < 4.78 is 0. The smallest absolute Gasteiger partial charge is 0.307 e. The van der Waals surface area contributed by atoms with Crippen molar-refractivity contribution in [3.05, 3.63) is 11.6 Å². The van der Waals surface area contributed by atoms with Crippen molar-refractivity contribution in [3.8, 4) is 0 Å². The average Bonchev–Trinajstić information content (AvgIpc) is 2.64. The molecular weight excluding hydrogens is 254 g/mol. The minimum absolute atomic E-state index is 0.289. The molecule has 1 saturated carbocycles. The van der Waals surface area contributed by atoms with E-state index in [1.165, 1.54) is 5.57 Å². The van der Waals surface area contributed by atoms with E-state index in [1.807, 2.05) is 20.8 Å². The minimum Gasteiger partial charge on any atom is -0.481 e. The third-order valence-corrected chi connectivity index (χ3v) is 5.30. The standard InChI is InChI=1S/C16H27NO3/c1-5-10-6-11-8-16(9-17-20,12(11)7-10)13(14(18)19)15(2,3)4/h7,11-13,17,20H,5-6,8-9H2,1-4H3,(H,18,19)/t11-,12-,13?,16+/m0/s1. The third-order valence-electron chi connectivity index (χ3n) is 5.30. The Morgan fingerprint density at radius 1 is 1.55 bits per heavy atom. The van der Waals surface area contributed by atoms with Gasteiger partial charge in [0.2, 0.25) is 0 Å². The monoisotopic (exact) mass is 281 g/mol. The lowest BCUT2D eigenvalue weighted by molar-refractivity contribution is -0.169. The first kappa shape index (κ1) is 15.5. The van der Waals surface area contributed by atoms with Crippen LogP contribution in [0.4, 0.5) is 0 Å². The van der Waals surface area contributed by atoms with Gasteiger partial charge in [-0.2, -0.15) is 0 Å². The number of allylic oxidation sites excluding steroid dienone is 2. The fourth-order valence-electron chi connectivity index (χ4n) is 4.71. The molecule has 4 atom stereocenters. The predicted octanol–water partition coefficient (Wildman–Crippen LogP) is 3.07. The predicted molar refractivity (Wildman–Crippen MR) is 77.4 cm³/mol. The molecule has 20 heavy (non-hydrogen) atoms. The van der Waals surface area contributed by atoms with Gasteiger partial charge in [-0.1, -0.05) is 39.3 Å². The molecular formula is C16H27NO3. The molecule has 4 heteroatoms. The van der Waals surface area contributed by atoms with Gasteiger partial charge in [0.15, 0.2) is 0 Å². The van der Waals surface area contributed by atoms with E-state index >= 15 is 0 Å². The molecule has 2 aliphatic carbocycles. The Bertz CT molecular complexity index is 424. The molecule has 0 aromatic heterocycles. The summed E-state index contributed by atoms with van der Waals surface area (Å²) in [4.78, 5) is 11.9. The molecule has 1 fully saturated rings. The second kappa shape index (κ2) is 5.15. The van der Waals surface area contributed by atoms with Crippen LogP contribution in [0.3, 0.4) is 0 Å². The topological polar surface area (TPSA) is 69.6 Å². The number of carbonyl (C=O) groups is 1. The summed E-state index contributed by atoms with van der Waals surface area (Å²) in [5.74, 6) is -0.340. The lowest BCUT2D eigenvalue weighted by Crippen LogP contribution is -2.60. The van der Waals surface area contributed by atoms with E-state index in [1.54, 1.807) is 0 Å². The number of aliphatic carboxylic acids is 1. The molecule has 1 unspecified atom stereocenters. The third kappa shape index (κ3) is 2.29. The Balaban J connectivity index is 2.36. The molecule has 2 aliphatic rings. The Morgan fingerprint density at radius 3 is 2.65 bits per heavy atom. The second-order valence-electron chi connectivity index (χ2n) is 7.58. The number of carboxylic acid groups (broad SMARTS) is 1. The fourth-order valence-corrected chi connectivity index (χ4v) is 4.71. The Hall–Kier alpha value is -0.870. The number of hydroxylamine groups is 1. The van der Waals surface area contributed by atoms with Crippen LogP contribution < -0.4 is 5.48 Å². The summed E-state index contributed by atoms with van der Waals surface area (Å²) in [7, 11) is 0. The van der Waals surface area contributed by atoms with Crippen LogP contribution in [0.5, 0.6) is 0 Å². The number of hydrogen-bond acceptors (Lipinski definition) is 3. The molecule has 0 saturated heterocycles. The number of nitrogens with one attached hydrogen (secondary N) is 1. The first-order valence-corrected chi connectivity index (χ1v) is 7.55. The molecule has 0 spiro atoms. The number of rotatable bonds is 5. The summed E-state index contributed by atoms with van der Waals surface area (Å²) in [6, 6.07) is 0. The van der Waals surface area contributed by atoms with Crippen molar-refractivity contribution in [1.29, 1.82) is 0 Å². The zero-order valence-corrected chi connectivity index (χ0v) is 12.9. The minimum atomic E-state index is -0.746. The maximum atomic E-state index is 11.9. The SMILES string of the molecule is CCC1=C[C@H]2[C@@H](C1)C[C@]2(CNO)C(C(=O)O)C(C)(C)C. The molecule has 0 heterocycles. The number of hydrogen-bond donors (Lipinski definition) is 3. The van der Waals surface area contributed by atoms with Crippen LogP contribution in [0.2, 0.25) is 0 Å². The van der Waals surface area contributed by atoms with Gasteiger partial charge in [0.1, 0.15) is 0 Å². The molecule has 3 N–H and O–H groups in total. The average molecular weight is 281 g/mol. The lowest BCUT2D eigenvalue weighted by Gasteiger charge is -2.58. The zero-order valence-electron chi connectivity index (χ0n) is 12.9. The molecule has 4 nitrogen and oxygen atoms in total. The van der Waals surface area contributed by atoms with Gasteiger partial charge in [0.25, 0.3) is 0 Å². The van der Waals surface area contributed by atoms with Crippen molar-refractivity contribution in [2.75, 3.05) is 6.54 Å². The molecule has 0 aromatic rings. The molecule has 0 aliphatic heterocycles. The van der Waals surface area contributed by atoms with Gasteiger partial charge >= 0.3 is 5.97 Å². The number of carboxylic acids is 1. The first-order chi connectivity index (χ1) is 9.26. The maximum absolute atomic E-state index is 11.9. The summed E-state index contributed by atoms with van der Waals surface area (Å²) in [5.41, 5.74) is 3.03. The van der Waals surface area contributed by atoms with Crippen molar-refractivity contribution in [2.45, 2.75) is 47.0 Å². The number of fused-ring (bicyclic) bond motifs is 1. The van der Waals surface area contributed by atoms with Crippen LogP contribution in [-0.4, -0.2) is 22.8 Å². The normalized spacial score (nSPS) is 34.1. The maximum Gasteiger partial charge on any atom is 0.307 e. The van der Waals surface area contributed by atoms with Crippen molar-refractivity contribution in [3.63, 3.8) is 0 Å². The highest BCUT2D eigenvalue weighted by molar-refractivity contribution is 5.72. The summed E-state index contributed by atoms with van der Waals surface area (Å²) in [6.45, 7) is 8.46. The lowest BCUT2D eigenvalue weighted by atomic mass is 9.46. The van der Waals surface area contributed by atoms with Crippen LogP contribution in [0, 0.1) is 28.6 Å². The van der Waals surface area contributed by atoms with Gasteiger partial charge in [0.05, 0.1) is 5.92 Å². The highest BCUT2D eigenvalue weighted by atomic mass is 16.5. The molecule has 0 amide bonds. The molecule has 0 radical (unpaired) electrons. The fraction of sp³-hybridized carbons (Fsp3) is 0.812. The van der Waals surface area contributed by atoms with E-state index < -0.39 is 11.9 Å². The molecule has 0 aromatic carbocycles. The van der Waals surface area contributed by atoms with Crippen LogP contribution in [0.15, 0.2) is 11.6 Å². The van der Waals surface area contributed by atoms with Crippen LogP contribution in [0.1, 0.15) is 47.0 Å². The van der Waals surface area contributed by atoms with Crippen LogP contribution in [-0.2, 0) is 4.79 Å². The highest BCUT2D eigenvalue weighted by Gasteiger charge is 2.62. The van der Waals surface area contributed by atoms with Crippen molar-refractivity contribution < 1.29 is 15.1 Å². The Labute approximate surface area is 121 Å². The van der Waals surface area contributed by atoms with Gasteiger partial charge in [-0.3, -0.25) is 4.79 Å². The van der Waals surface area contributed by atoms with Gasteiger partial charge in [-0.15, -0.1) is 0 Å². The highest BCUT2D eigenvalue weighted by Crippen LogP contribution is 2.64. The zero-order chi connectivity index (χ0) is 15.1. The van der Waals surface area contributed by atoms with E-state index in [-0.39, 0.29) is 16.7 Å². The van der Waals surface area contributed by atoms with Gasteiger partial charge < -0.3 is 10.3 Å². The van der Waals surface area contributed by atoms with Crippen molar-refractivity contribution in [2.24, 2.45) is 28.6 Å². The Morgan fingerprint density at radius 2 is 2.20 bits per heavy atom. The van der Waals surface area contributed by atoms with E-state index in [4.69, 9.17) is 0 Å². The summed E-state index contributed by atoms with van der Waals surface area (Å²) in [5, 5.41) is 19.0. The van der Waals surface area contributed by atoms with Crippen LogP contribution in [0.25, 0.3) is 0 Å². The van der Waals surface area contributed by atoms with E-state index in [9.17, 15) is 15.1 Å². The Kier molecular flexibility index (Phi) is 4.00.